The van der Waals surface area contributed by atoms with Crippen molar-refractivity contribution >= 4 is 17.2 Å². The van der Waals surface area contributed by atoms with Gasteiger partial charge in [-0.1, -0.05) is 32.3 Å². The molecule has 2 atom stereocenters. The van der Waals surface area contributed by atoms with Crippen LogP contribution in [0.1, 0.15) is 57.0 Å². The van der Waals surface area contributed by atoms with E-state index >= 15 is 0 Å². The van der Waals surface area contributed by atoms with Crippen molar-refractivity contribution in [3.05, 3.63) is 22.4 Å². The van der Waals surface area contributed by atoms with Crippen molar-refractivity contribution in [1.29, 1.82) is 0 Å². The van der Waals surface area contributed by atoms with Crippen molar-refractivity contribution in [3.8, 4) is 0 Å². The number of hydrogen-bond donors (Lipinski definition) is 1. The minimum atomic E-state index is -0.0518. The fourth-order valence-electron chi connectivity index (χ4n) is 3.75. The average Bonchev–Trinajstić information content (AvgIpc) is 3.12. The van der Waals surface area contributed by atoms with Crippen molar-refractivity contribution < 1.29 is 4.79 Å². The molecule has 1 aromatic heterocycles. The second kappa shape index (κ2) is 6.49. The van der Waals surface area contributed by atoms with Gasteiger partial charge in [-0.3, -0.25) is 10.1 Å². The number of nitrogens with zero attached hydrogens (tertiary/aromatic N) is 1. The quantitative estimate of drug-likeness (QED) is 0.918. The van der Waals surface area contributed by atoms with Crippen LogP contribution in [0, 0.1) is 11.8 Å². The zero-order chi connectivity index (χ0) is 14.8. The Bertz CT molecular complexity index is 465. The first-order valence-corrected chi connectivity index (χ1v) is 9.17. The lowest BCUT2D eigenvalue weighted by Gasteiger charge is -2.32. The Morgan fingerprint density at radius 1 is 1.29 bits per heavy atom. The summed E-state index contributed by atoms with van der Waals surface area (Å²) in [6.07, 6.45) is 6.66. The van der Waals surface area contributed by atoms with E-state index in [1.165, 1.54) is 37.0 Å². The molecule has 0 aromatic carbocycles. The van der Waals surface area contributed by atoms with Gasteiger partial charge in [-0.05, 0) is 43.0 Å². The van der Waals surface area contributed by atoms with Gasteiger partial charge in [0.05, 0.1) is 6.04 Å². The molecule has 4 heteroatoms. The van der Waals surface area contributed by atoms with Gasteiger partial charge in [0.25, 0.3) is 0 Å². The molecule has 1 aromatic rings. The minimum absolute atomic E-state index is 0.0518. The van der Waals surface area contributed by atoms with Crippen molar-refractivity contribution in [1.82, 2.24) is 10.2 Å². The van der Waals surface area contributed by atoms with Crippen LogP contribution in [0.15, 0.2) is 17.5 Å². The number of rotatable bonds is 4. The number of thiophene rings is 1. The molecule has 1 aliphatic heterocycles. The predicted molar refractivity (Wildman–Crippen MR) is 87.1 cm³/mol. The van der Waals surface area contributed by atoms with Crippen LogP contribution in [0.2, 0.25) is 0 Å². The van der Waals surface area contributed by atoms with Crippen LogP contribution < -0.4 is 5.32 Å². The summed E-state index contributed by atoms with van der Waals surface area (Å²) in [7, 11) is 0. The predicted octanol–water partition coefficient (Wildman–Crippen LogP) is 3.78. The lowest BCUT2D eigenvalue weighted by Crippen LogP contribution is -2.36. The Hall–Kier alpha value is -0.870. The molecule has 1 saturated heterocycles. The van der Waals surface area contributed by atoms with E-state index < -0.39 is 0 Å². The number of hydrogen-bond acceptors (Lipinski definition) is 3. The third-order valence-corrected chi connectivity index (χ3v) is 6.11. The number of carbonyl (C=O) groups is 1. The van der Waals surface area contributed by atoms with E-state index in [-0.39, 0.29) is 18.1 Å². The standard InChI is InChI=1S/C17H26N2OS/c1-3-13-6-8-14(9-7-13)11-19-16(15-5-4-10-21-15)18-12(2)17(19)20/h4-5,10,12-14,16,18H,3,6-9,11H2,1-2H3. The largest absolute Gasteiger partial charge is 0.320 e. The SMILES string of the molecule is CCC1CCC(CN2C(=O)C(C)NC2c2cccs2)CC1. The molecule has 2 unspecified atom stereocenters. The van der Waals surface area contributed by atoms with E-state index in [2.05, 4.69) is 34.7 Å². The highest BCUT2D eigenvalue weighted by Crippen LogP contribution is 2.35. The molecular weight excluding hydrogens is 280 g/mol. The molecule has 0 bridgehead atoms. The summed E-state index contributed by atoms with van der Waals surface area (Å²) in [5.74, 6) is 1.87. The summed E-state index contributed by atoms with van der Waals surface area (Å²) < 4.78 is 0. The van der Waals surface area contributed by atoms with E-state index in [1.54, 1.807) is 11.3 Å². The molecule has 3 rings (SSSR count). The first-order valence-electron chi connectivity index (χ1n) is 8.29. The molecule has 21 heavy (non-hydrogen) atoms. The first kappa shape index (κ1) is 15.0. The van der Waals surface area contributed by atoms with E-state index in [4.69, 9.17) is 0 Å². The van der Waals surface area contributed by atoms with E-state index in [0.717, 1.165) is 12.5 Å². The number of nitrogens with one attached hydrogen (secondary N) is 1. The fraction of sp³-hybridized carbons (Fsp3) is 0.706. The van der Waals surface area contributed by atoms with Gasteiger partial charge in [0, 0.05) is 11.4 Å². The Labute approximate surface area is 131 Å². The molecule has 0 radical (unpaired) electrons. The highest BCUT2D eigenvalue weighted by molar-refractivity contribution is 7.10. The molecule has 2 fully saturated rings. The zero-order valence-corrected chi connectivity index (χ0v) is 13.9. The molecular formula is C17H26N2OS. The van der Waals surface area contributed by atoms with Gasteiger partial charge in [-0.25, -0.2) is 0 Å². The van der Waals surface area contributed by atoms with E-state index in [9.17, 15) is 4.79 Å². The summed E-state index contributed by atoms with van der Waals surface area (Å²) >= 11 is 1.74. The number of carbonyl (C=O) groups excluding carboxylic acids is 1. The maximum Gasteiger partial charge on any atom is 0.241 e. The average molecular weight is 306 g/mol. The monoisotopic (exact) mass is 306 g/mol. The summed E-state index contributed by atoms with van der Waals surface area (Å²) in [6, 6.07) is 4.15. The van der Waals surface area contributed by atoms with Crippen LogP contribution in [-0.4, -0.2) is 23.4 Å². The molecule has 2 heterocycles. The lowest BCUT2D eigenvalue weighted by molar-refractivity contribution is -0.130. The van der Waals surface area contributed by atoms with Crippen molar-refractivity contribution in [2.45, 2.75) is 58.2 Å². The fourth-order valence-corrected chi connectivity index (χ4v) is 4.55. The van der Waals surface area contributed by atoms with E-state index in [1.807, 2.05) is 6.92 Å². The summed E-state index contributed by atoms with van der Waals surface area (Å²) in [5.41, 5.74) is 0. The number of amides is 1. The smallest absolute Gasteiger partial charge is 0.241 e. The van der Waals surface area contributed by atoms with Crippen LogP contribution in [0.25, 0.3) is 0 Å². The van der Waals surface area contributed by atoms with E-state index in [0.29, 0.717) is 5.92 Å². The maximum absolute atomic E-state index is 12.5. The van der Waals surface area contributed by atoms with Gasteiger partial charge in [0.2, 0.25) is 5.91 Å². The molecule has 1 aliphatic carbocycles. The third kappa shape index (κ3) is 3.16. The maximum atomic E-state index is 12.5. The lowest BCUT2D eigenvalue weighted by atomic mass is 9.80. The Balaban J connectivity index is 1.66. The van der Waals surface area contributed by atoms with Gasteiger partial charge in [-0.15, -0.1) is 11.3 Å². The van der Waals surface area contributed by atoms with Crippen LogP contribution in [0.3, 0.4) is 0 Å². The van der Waals surface area contributed by atoms with Crippen molar-refractivity contribution in [2.24, 2.45) is 11.8 Å². The molecule has 0 spiro atoms. The highest BCUT2D eigenvalue weighted by Gasteiger charge is 2.38. The summed E-state index contributed by atoms with van der Waals surface area (Å²) in [5, 5.41) is 5.54. The Morgan fingerprint density at radius 2 is 2.00 bits per heavy atom. The molecule has 1 saturated carbocycles. The third-order valence-electron chi connectivity index (χ3n) is 5.18. The normalized spacial score (nSPS) is 33.6. The molecule has 1 amide bonds. The second-order valence-corrected chi connectivity index (χ2v) is 7.57. The van der Waals surface area contributed by atoms with Gasteiger partial charge in [0.15, 0.2) is 0 Å². The van der Waals surface area contributed by atoms with Crippen molar-refractivity contribution in [2.75, 3.05) is 6.54 Å². The van der Waals surface area contributed by atoms with Crippen LogP contribution in [0.4, 0.5) is 0 Å². The topological polar surface area (TPSA) is 32.3 Å². The summed E-state index contributed by atoms with van der Waals surface area (Å²) in [6.45, 7) is 5.21. The van der Waals surface area contributed by atoms with Gasteiger partial charge in [0.1, 0.15) is 6.17 Å². The minimum Gasteiger partial charge on any atom is -0.320 e. The highest BCUT2D eigenvalue weighted by atomic mass is 32.1. The van der Waals surface area contributed by atoms with Crippen molar-refractivity contribution in [3.63, 3.8) is 0 Å². The summed E-state index contributed by atoms with van der Waals surface area (Å²) in [4.78, 5) is 15.8. The second-order valence-electron chi connectivity index (χ2n) is 6.59. The molecule has 116 valence electrons. The van der Waals surface area contributed by atoms with Crippen LogP contribution in [0.5, 0.6) is 0 Å². The van der Waals surface area contributed by atoms with Gasteiger partial charge < -0.3 is 4.90 Å². The molecule has 2 aliphatic rings. The van der Waals surface area contributed by atoms with Crippen LogP contribution >= 0.6 is 11.3 Å². The first-order chi connectivity index (χ1) is 10.2. The zero-order valence-electron chi connectivity index (χ0n) is 13.0. The Kier molecular flexibility index (Phi) is 4.65. The molecule has 1 N–H and O–H groups in total. The van der Waals surface area contributed by atoms with Gasteiger partial charge in [-0.2, -0.15) is 0 Å². The Morgan fingerprint density at radius 3 is 2.62 bits per heavy atom. The van der Waals surface area contributed by atoms with Crippen LogP contribution in [-0.2, 0) is 4.79 Å². The van der Waals surface area contributed by atoms with Gasteiger partial charge >= 0.3 is 0 Å². The molecule has 3 nitrogen and oxygen atoms in total.